The van der Waals surface area contributed by atoms with Crippen molar-refractivity contribution in [3.05, 3.63) is 0 Å². The molecule has 2 rings (SSSR count). The third-order valence-electron chi connectivity index (χ3n) is 3.79. The van der Waals surface area contributed by atoms with E-state index in [1.54, 1.807) is 0 Å². The summed E-state index contributed by atoms with van der Waals surface area (Å²) in [4.78, 5) is 2.74. The van der Waals surface area contributed by atoms with Gasteiger partial charge in [-0.2, -0.15) is 0 Å². The van der Waals surface area contributed by atoms with Crippen LogP contribution in [0.2, 0.25) is 0 Å². The van der Waals surface area contributed by atoms with Gasteiger partial charge in [0.15, 0.2) is 0 Å². The van der Waals surface area contributed by atoms with Gasteiger partial charge in [-0.25, -0.2) is 0 Å². The highest BCUT2D eigenvalue weighted by Gasteiger charge is 2.28. The summed E-state index contributed by atoms with van der Waals surface area (Å²) in [5.74, 6) is 0. The molecule has 1 unspecified atom stereocenters. The largest absolute Gasteiger partial charge is 0.314 e. The zero-order valence-electron chi connectivity index (χ0n) is 10.2. The highest BCUT2D eigenvalue weighted by Crippen LogP contribution is 2.27. The first-order valence-electron chi connectivity index (χ1n) is 6.87. The van der Waals surface area contributed by atoms with Crippen molar-refractivity contribution in [3.63, 3.8) is 0 Å². The Hall–Kier alpha value is -0.0800. The molecule has 0 bridgehead atoms. The summed E-state index contributed by atoms with van der Waals surface area (Å²) in [5, 5.41) is 3.60. The molecule has 2 fully saturated rings. The van der Waals surface area contributed by atoms with E-state index in [9.17, 15) is 0 Å². The Bertz CT molecular complexity index is 171. The van der Waals surface area contributed by atoms with Crippen LogP contribution < -0.4 is 5.32 Å². The zero-order valence-corrected chi connectivity index (χ0v) is 10.2. The van der Waals surface area contributed by atoms with Gasteiger partial charge in [-0.1, -0.05) is 13.3 Å². The monoisotopic (exact) mass is 210 g/mol. The molecule has 1 atom stereocenters. The Balaban J connectivity index is 1.64. The van der Waals surface area contributed by atoms with Crippen LogP contribution in [0, 0.1) is 0 Å². The Morgan fingerprint density at radius 2 is 2.07 bits per heavy atom. The Morgan fingerprint density at radius 1 is 1.20 bits per heavy atom. The topological polar surface area (TPSA) is 15.3 Å². The maximum atomic E-state index is 3.60. The average Bonchev–Trinajstić information content (AvgIpc) is 2.95. The van der Waals surface area contributed by atoms with Crippen molar-refractivity contribution in [1.82, 2.24) is 10.2 Å². The predicted octanol–water partition coefficient (Wildman–Crippen LogP) is 2.39. The standard InChI is InChI=1S/C13H26N2/c1-2-3-10-15(13-6-7-13)11-8-12-5-4-9-14-12/h12-14H,2-11H2,1H3. The number of nitrogens with zero attached hydrogens (tertiary/aromatic N) is 1. The fourth-order valence-electron chi connectivity index (χ4n) is 2.60. The van der Waals surface area contributed by atoms with E-state index in [4.69, 9.17) is 0 Å². The van der Waals surface area contributed by atoms with Crippen molar-refractivity contribution in [3.8, 4) is 0 Å². The summed E-state index contributed by atoms with van der Waals surface area (Å²) in [5.41, 5.74) is 0. The lowest BCUT2D eigenvalue weighted by Gasteiger charge is -2.23. The third-order valence-corrected chi connectivity index (χ3v) is 3.79. The van der Waals surface area contributed by atoms with Crippen LogP contribution in [0.5, 0.6) is 0 Å². The second-order valence-corrected chi connectivity index (χ2v) is 5.20. The zero-order chi connectivity index (χ0) is 10.5. The maximum Gasteiger partial charge on any atom is 0.00964 e. The van der Waals surface area contributed by atoms with Crippen LogP contribution >= 0.6 is 0 Å². The molecule has 1 aliphatic carbocycles. The van der Waals surface area contributed by atoms with Crippen molar-refractivity contribution < 1.29 is 0 Å². The lowest BCUT2D eigenvalue weighted by Crippen LogP contribution is -2.33. The second-order valence-electron chi connectivity index (χ2n) is 5.20. The van der Waals surface area contributed by atoms with Crippen LogP contribution in [-0.4, -0.2) is 36.6 Å². The molecule has 15 heavy (non-hydrogen) atoms. The predicted molar refractivity (Wildman–Crippen MR) is 65.1 cm³/mol. The van der Waals surface area contributed by atoms with E-state index in [2.05, 4.69) is 17.1 Å². The molecule has 0 aromatic heterocycles. The van der Waals surface area contributed by atoms with E-state index in [-0.39, 0.29) is 0 Å². The molecule has 2 nitrogen and oxygen atoms in total. The summed E-state index contributed by atoms with van der Waals surface area (Å²) < 4.78 is 0. The van der Waals surface area contributed by atoms with E-state index in [0.717, 1.165) is 12.1 Å². The van der Waals surface area contributed by atoms with Gasteiger partial charge in [0.1, 0.15) is 0 Å². The highest BCUT2D eigenvalue weighted by atomic mass is 15.2. The fraction of sp³-hybridized carbons (Fsp3) is 1.00. The van der Waals surface area contributed by atoms with Crippen LogP contribution in [0.4, 0.5) is 0 Å². The molecular formula is C13H26N2. The minimum Gasteiger partial charge on any atom is -0.314 e. The smallest absolute Gasteiger partial charge is 0.00964 e. The normalized spacial score (nSPS) is 26.4. The minimum absolute atomic E-state index is 0.827. The molecule has 1 saturated carbocycles. The molecular weight excluding hydrogens is 184 g/mol. The van der Waals surface area contributed by atoms with Gasteiger partial charge in [-0.15, -0.1) is 0 Å². The first-order valence-corrected chi connectivity index (χ1v) is 6.87. The van der Waals surface area contributed by atoms with Gasteiger partial charge in [0.05, 0.1) is 0 Å². The third kappa shape index (κ3) is 3.76. The molecule has 2 aliphatic rings. The van der Waals surface area contributed by atoms with Crippen molar-refractivity contribution >= 4 is 0 Å². The Labute approximate surface area is 94.4 Å². The van der Waals surface area contributed by atoms with Gasteiger partial charge in [-0.05, 0) is 58.2 Å². The lowest BCUT2D eigenvalue weighted by atomic mass is 10.1. The van der Waals surface area contributed by atoms with Gasteiger partial charge in [0.25, 0.3) is 0 Å². The highest BCUT2D eigenvalue weighted by molar-refractivity contribution is 4.85. The van der Waals surface area contributed by atoms with E-state index < -0.39 is 0 Å². The van der Waals surface area contributed by atoms with E-state index in [1.165, 1.54) is 64.6 Å². The number of rotatable bonds is 7. The summed E-state index contributed by atoms with van der Waals surface area (Å²) in [6.45, 7) is 6.23. The quantitative estimate of drug-likeness (QED) is 0.694. The molecule has 1 aliphatic heterocycles. The summed E-state index contributed by atoms with van der Waals surface area (Å²) >= 11 is 0. The van der Waals surface area contributed by atoms with Gasteiger partial charge in [-0.3, -0.25) is 0 Å². The second kappa shape index (κ2) is 5.86. The van der Waals surface area contributed by atoms with Gasteiger partial charge in [0.2, 0.25) is 0 Å². The molecule has 0 radical (unpaired) electrons. The minimum atomic E-state index is 0.827. The molecule has 0 amide bonds. The van der Waals surface area contributed by atoms with Crippen LogP contribution in [0.25, 0.3) is 0 Å². The fourth-order valence-corrected chi connectivity index (χ4v) is 2.60. The maximum absolute atomic E-state index is 3.60. The lowest BCUT2D eigenvalue weighted by molar-refractivity contribution is 0.246. The summed E-state index contributed by atoms with van der Waals surface area (Å²) in [6.07, 6.45) is 9.82. The number of hydrogen-bond acceptors (Lipinski definition) is 2. The number of nitrogens with one attached hydrogen (secondary N) is 1. The molecule has 1 heterocycles. The van der Waals surface area contributed by atoms with E-state index in [1.807, 2.05) is 0 Å². The van der Waals surface area contributed by atoms with Crippen LogP contribution in [0.3, 0.4) is 0 Å². The van der Waals surface area contributed by atoms with Gasteiger partial charge < -0.3 is 10.2 Å². The van der Waals surface area contributed by atoms with E-state index in [0.29, 0.717) is 0 Å². The average molecular weight is 210 g/mol. The van der Waals surface area contributed by atoms with Crippen LogP contribution in [0.1, 0.15) is 51.9 Å². The van der Waals surface area contributed by atoms with Crippen molar-refractivity contribution in [2.45, 2.75) is 64.0 Å². The summed E-state index contributed by atoms with van der Waals surface area (Å²) in [6, 6.07) is 1.78. The molecule has 1 N–H and O–H groups in total. The molecule has 0 spiro atoms. The first-order chi connectivity index (χ1) is 7.40. The Morgan fingerprint density at radius 3 is 2.67 bits per heavy atom. The van der Waals surface area contributed by atoms with Crippen molar-refractivity contribution in [2.24, 2.45) is 0 Å². The van der Waals surface area contributed by atoms with Crippen molar-refractivity contribution in [2.75, 3.05) is 19.6 Å². The van der Waals surface area contributed by atoms with Gasteiger partial charge >= 0.3 is 0 Å². The number of hydrogen-bond donors (Lipinski definition) is 1. The first kappa shape index (κ1) is 11.4. The number of unbranched alkanes of at least 4 members (excludes halogenated alkanes) is 1. The summed E-state index contributed by atoms with van der Waals surface area (Å²) in [7, 11) is 0. The molecule has 0 aromatic rings. The molecule has 88 valence electrons. The van der Waals surface area contributed by atoms with Gasteiger partial charge in [0, 0.05) is 12.1 Å². The van der Waals surface area contributed by atoms with Crippen LogP contribution in [-0.2, 0) is 0 Å². The molecule has 2 heteroatoms. The molecule has 0 aromatic carbocycles. The Kier molecular flexibility index (Phi) is 4.45. The van der Waals surface area contributed by atoms with Crippen LogP contribution in [0.15, 0.2) is 0 Å². The molecule has 1 saturated heterocycles. The van der Waals surface area contributed by atoms with E-state index >= 15 is 0 Å². The SMILES string of the molecule is CCCCN(CCC1CCCN1)C1CC1. The van der Waals surface area contributed by atoms with Crippen molar-refractivity contribution in [1.29, 1.82) is 0 Å².